The lowest BCUT2D eigenvalue weighted by atomic mass is 10.1. The first-order chi connectivity index (χ1) is 16.8. The highest BCUT2D eigenvalue weighted by Crippen LogP contribution is 2.50. The number of benzene rings is 5. The summed E-state index contributed by atoms with van der Waals surface area (Å²) in [5.41, 5.74) is 6.40. The molecule has 3 nitrogen and oxygen atoms in total. The minimum atomic E-state index is 0.764. The van der Waals surface area contributed by atoms with Crippen LogP contribution in [0.1, 0.15) is 0 Å². The number of para-hydroxylation sites is 5. The minimum absolute atomic E-state index is 0.764. The Bertz CT molecular complexity index is 1670. The molecule has 1 aliphatic heterocycles. The molecule has 0 N–H and O–H groups in total. The van der Waals surface area contributed by atoms with Crippen molar-refractivity contribution in [2.75, 3.05) is 4.90 Å². The Morgan fingerprint density at radius 2 is 1.18 bits per heavy atom. The van der Waals surface area contributed by atoms with Gasteiger partial charge in [-0.3, -0.25) is 0 Å². The van der Waals surface area contributed by atoms with Crippen LogP contribution in [0.2, 0.25) is 5.02 Å². The largest absolute Gasteiger partial charge is 0.453 e. The van der Waals surface area contributed by atoms with Crippen LogP contribution in [-0.2, 0) is 0 Å². The number of rotatable bonds is 2. The molecule has 6 aromatic rings. The molecule has 0 saturated heterocycles. The molecule has 2 heterocycles. The van der Waals surface area contributed by atoms with Gasteiger partial charge in [0, 0.05) is 22.1 Å². The Labute approximate surface area is 202 Å². The van der Waals surface area contributed by atoms with Crippen molar-refractivity contribution in [1.29, 1.82) is 0 Å². The van der Waals surface area contributed by atoms with Crippen LogP contribution in [0.15, 0.2) is 115 Å². The molecule has 0 amide bonds. The van der Waals surface area contributed by atoms with Crippen molar-refractivity contribution >= 4 is 50.5 Å². The fourth-order valence-corrected chi connectivity index (χ4v) is 5.28. The van der Waals surface area contributed by atoms with E-state index in [1.165, 1.54) is 0 Å². The lowest BCUT2D eigenvalue weighted by Crippen LogP contribution is -2.15. The molecule has 7 rings (SSSR count). The number of halogens is 1. The van der Waals surface area contributed by atoms with Crippen molar-refractivity contribution in [3.05, 3.63) is 120 Å². The van der Waals surface area contributed by atoms with E-state index in [1.54, 1.807) is 0 Å². The number of fused-ring (bicyclic) bond motifs is 5. The summed E-state index contributed by atoms with van der Waals surface area (Å²) in [6, 6.07) is 39.5. The average Bonchev–Trinajstić information content (AvgIpc) is 3.23. The zero-order valence-corrected chi connectivity index (χ0v) is 18.9. The van der Waals surface area contributed by atoms with Crippen molar-refractivity contribution in [2.45, 2.75) is 0 Å². The fraction of sp³-hybridized carbons (Fsp3) is 0. The molecule has 34 heavy (non-hydrogen) atoms. The van der Waals surface area contributed by atoms with Gasteiger partial charge in [0.2, 0.25) is 0 Å². The highest BCUT2D eigenvalue weighted by atomic mass is 35.5. The first-order valence-electron chi connectivity index (χ1n) is 11.2. The van der Waals surface area contributed by atoms with E-state index in [2.05, 4.69) is 76.2 Å². The third-order valence-corrected chi connectivity index (χ3v) is 6.74. The van der Waals surface area contributed by atoms with E-state index >= 15 is 0 Å². The molecule has 1 aliphatic rings. The van der Waals surface area contributed by atoms with Crippen molar-refractivity contribution in [3.63, 3.8) is 0 Å². The highest BCUT2D eigenvalue weighted by molar-refractivity contribution is 6.38. The highest BCUT2D eigenvalue weighted by Gasteiger charge is 2.25. The maximum absolute atomic E-state index is 6.67. The summed E-state index contributed by atoms with van der Waals surface area (Å²) in [5.74, 6) is 1.69. The summed E-state index contributed by atoms with van der Waals surface area (Å²) in [5, 5.41) is 2.99. The third kappa shape index (κ3) is 2.77. The Morgan fingerprint density at radius 3 is 1.97 bits per heavy atom. The molecule has 1 aromatic heterocycles. The molecule has 5 aromatic carbocycles. The Hall–Kier alpha value is -4.21. The molecular weight excluding hydrogens is 440 g/mol. The van der Waals surface area contributed by atoms with Crippen LogP contribution in [0.25, 0.3) is 27.5 Å². The van der Waals surface area contributed by atoms with Crippen LogP contribution in [0, 0.1) is 0 Å². The standard InChI is InChI=1S/C30H19ClN2O/c31-23-12-8-16-27-30(23)22-11-1-2-13-24(22)32(27)20-9-7-10-21(19-20)33-25-14-3-5-17-28(25)34-29-18-6-4-15-26(29)33/h1-19H. The lowest BCUT2D eigenvalue weighted by molar-refractivity contribution is 0.477. The van der Waals surface area contributed by atoms with Crippen LogP contribution < -0.4 is 9.64 Å². The molecule has 0 unspecified atom stereocenters. The molecule has 0 radical (unpaired) electrons. The molecule has 0 fully saturated rings. The Kier molecular flexibility index (Phi) is 4.20. The third-order valence-electron chi connectivity index (χ3n) is 6.43. The van der Waals surface area contributed by atoms with Crippen molar-refractivity contribution in [1.82, 2.24) is 4.57 Å². The van der Waals surface area contributed by atoms with E-state index in [9.17, 15) is 0 Å². The molecule has 0 atom stereocenters. The second kappa shape index (κ2) is 7.41. The maximum atomic E-state index is 6.67. The van der Waals surface area contributed by atoms with Crippen LogP contribution in [0.4, 0.5) is 17.1 Å². The van der Waals surface area contributed by atoms with E-state index in [0.717, 1.165) is 61.1 Å². The quantitative estimate of drug-likeness (QED) is 0.257. The number of hydrogen-bond acceptors (Lipinski definition) is 2. The van der Waals surface area contributed by atoms with E-state index < -0.39 is 0 Å². The van der Waals surface area contributed by atoms with Gasteiger partial charge in [-0.05, 0) is 60.7 Å². The van der Waals surface area contributed by atoms with Crippen molar-refractivity contribution < 1.29 is 4.74 Å². The smallest absolute Gasteiger partial charge is 0.151 e. The van der Waals surface area contributed by atoms with Crippen LogP contribution in [0.3, 0.4) is 0 Å². The van der Waals surface area contributed by atoms with Crippen LogP contribution >= 0.6 is 11.6 Å². The van der Waals surface area contributed by atoms with Crippen LogP contribution in [-0.4, -0.2) is 4.57 Å². The van der Waals surface area contributed by atoms with Gasteiger partial charge >= 0.3 is 0 Å². The fourth-order valence-electron chi connectivity index (χ4n) is 5.01. The normalized spacial score (nSPS) is 12.4. The molecule has 4 heteroatoms. The second-order valence-corrected chi connectivity index (χ2v) is 8.79. The van der Waals surface area contributed by atoms with E-state index in [1.807, 2.05) is 48.5 Å². The maximum Gasteiger partial charge on any atom is 0.151 e. The van der Waals surface area contributed by atoms with Gasteiger partial charge in [-0.2, -0.15) is 0 Å². The van der Waals surface area contributed by atoms with Gasteiger partial charge in [-0.15, -0.1) is 0 Å². The minimum Gasteiger partial charge on any atom is -0.453 e. The Morgan fingerprint density at radius 1 is 0.559 bits per heavy atom. The molecule has 162 valence electrons. The lowest BCUT2D eigenvalue weighted by Gasteiger charge is -2.33. The first-order valence-corrected chi connectivity index (χ1v) is 11.6. The van der Waals surface area contributed by atoms with Crippen molar-refractivity contribution in [3.8, 4) is 17.2 Å². The number of aromatic nitrogens is 1. The monoisotopic (exact) mass is 458 g/mol. The van der Waals surface area contributed by atoms with Crippen LogP contribution in [0.5, 0.6) is 11.5 Å². The first kappa shape index (κ1) is 19.3. The number of anilines is 3. The van der Waals surface area contributed by atoms with E-state index in [-0.39, 0.29) is 0 Å². The summed E-state index contributed by atoms with van der Waals surface area (Å²) in [6.07, 6.45) is 0. The zero-order valence-electron chi connectivity index (χ0n) is 18.2. The van der Waals surface area contributed by atoms with E-state index in [0.29, 0.717) is 0 Å². The number of ether oxygens (including phenoxy) is 1. The molecule has 0 spiro atoms. The van der Waals surface area contributed by atoms with Gasteiger partial charge in [-0.25, -0.2) is 0 Å². The van der Waals surface area contributed by atoms with Gasteiger partial charge in [-0.1, -0.05) is 66.2 Å². The number of nitrogens with zero attached hydrogens (tertiary/aromatic N) is 2. The van der Waals surface area contributed by atoms with Gasteiger partial charge in [0.15, 0.2) is 11.5 Å². The number of hydrogen-bond donors (Lipinski definition) is 0. The predicted molar refractivity (Wildman–Crippen MR) is 141 cm³/mol. The predicted octanol–water partition coefficient (Wildman–Crippen LogP) is 9.01. The summed E-state index contributed by atoms with van der Waals surface area (Å²) in [4.78, 5) is 2.26. The average molecular weight is 459 g/mol. The summed E-state index contributed by atoms with van der Waals surface area (Å²) >= 11 is 6.67. The van der Waals surface area contributed by atoms with E-state index in [4.69, 9.17) is 16.3 Å². The topological polar surface area (TPSA) is 17.4 Å². The second-order valence-electron chi connectivity index (χ2n) is 8.38. The van der Waals surface area contributed by atoms with Crippen molar-refractivity contribution in [2.24, 2.45) is 0 Å². The SMILES string of the molecule is Clc1cccc2c1c1ccccc1n2-c1cccc(N2c3ccccc3Oc3ccccc32)c1. The van der Waals surface area contributed by atoms with Gasteiger partial charge in [0.05, 0.1) is 27.4 Å². The summed E-state index contributed by atoms with van der Waals surface area (Å²) in [7, 11) is 0. The molecular formula is C30H19ClN2O. The summed E-state index contributed by atoms with van der Waals surface area (Å²) < 4.78 is 8.49. The molecule has 0 aliphatic carbocycles. The van der Waals surface area contributed by atoms with Gasteiger partial charge in [0.25, 0.3) is 0 Å². The Balaban J connectivity index is 1.49. The molecule has 0 bridgehead atoms. The zero-order chi connectivity index (χ0) is 22.6. The van der Waals surface area contributed by atoms with Gasteiger partial charge in [0.1, 0.15) is 0 Å². The van der Waals surface area contributed by atoms with Gasteiger partial charge < -0.3 is 14.2 Å². The molecule has 0 saturated carbocycles. The summed E-state index contributed by atoms with van der Waals surface area (Å²) in [6.45, 7) is 0.